The first kappa shape index (κ1) is 36.8. The van der Waals surface area contributed by atoms with Crippen molar-refractivity contribution in [1.29, 1.82) is 0 Å². The number of rotatable bonds is 7. The molecule has 282 valence electrons. The second-order valence-corrected chi connectivity index (χ2v) is 16.3. The standard InChI is InChI=1S/C36H54O14/c1-17-29(50-31-27(41)26(40)25(39)22(15-37)49-31)30(45-4)28(42)32(47-17)48-20-6-9-33(2)19(14-20)5-11-35(43)23(33)8-10-34(3)21(7-12-36(34,35)44)18-13-24(38)46-16-18/h7,13,17,19-20,22-23,25-32,37,39-44H,5-6,8-12,14-16H2,1-4H3. The molecule has 3 saturated carbocycles. The summed E-state index contributed by atoms with van der Waals surface area (Å²) in [5, 5.41) is 76.9. The van der Waals surface area contributed by atoms with Crippen molar-refractivity contribution in [2.24, 2.45) is 22.7 Å². The number of esters is 1. The number of fused-ring (bicyclic) bond motifs is 5. The maximum Gasteiger partial charge on any atom is 0.331 e. The van der Waals surface area contributed by atoms with E-state index >= 15 is 0 Å². The molecule has 3 heterocycles. The first-order chi connectivity index (χ1) is 23.6. The van der Waals surface area contributed by atoms with Gasteiger partial charge in [-0.3, -0.25) is 0 Å². The van der Waals surface area contributed by atoms with Crippen molar-refractivity contribution >= 4 is 5.97 Å². The normalized spacial score (nSPS) is 53.5. The zero-order chi connectivity index (χ0) is 36.0. The van der Waals surface area contributed by atoms with Crippen molar-refractivity contribution in [3.63, 3.8) is 0 Å². The highest BCUT2D eigenvalue weighted by Gasteiger charge is 2.72. The van der Waals surface area contributed by atoms with Crippen LogP contribution in [0.1, 0.15) is 72.1 Å². The summed E-state index contributed by atoms with van der Waals surface area (Å²) >= 11 is 0. The molecule has 5 fully saturated rings. The fourth-order valence-corrected chi connectivity index (χ4v) is 11.0. The average molecular weight is 711 g/mol. The molecular weight excluding hydrogens is 656 g/mol. The number of cyclic esters (lactones) is 1. The predicted octanol–water partition coefficient (Wildman–Crippen LogP) is -0.0306. The third-order valence-corrected chi connectivity index (χ3v) is 14.0. The molecule has 50 heavy (non-hydrogen) atoms. The first-order valence-corrected chi connectivity index (χ1v) is 18.1. The van der Waals surface area contributed by atoms with E-state index in [1.165, 1.54) is 13.2 Å². The van der Waals surface area contributed by atoms with Crippen LogP contribution in [0.15, 0.2) is 23.3 Å². The minimum absolute atomic E-state index is 0.134. The Labute approximate surface area is 291 Å². The molecule has 14 heteroatoms. The zero-order valence-corrected chi connectivity index (χ0v) is 29.2. The number of carbonyl (C=O) groups is 1. The predicted molar refractivity (Wildman–Crippen MR) is 172 cm³/mol. The monoisotopic (exact) mass is 710 g/mol. The molecular formula is C36H54O14. The molecule has 17 unspecified atom stereocenters. The van der Waals surface area contributed by atoms with Gasteiger partial charge < -0.3 is 64.2 Å². The average Bonchev–Trinajstić information content (AvgIpc) is 3.63. The van der Waals surface area contributed by atoms with E-state index in [9.17, 15) is 40.5 Å². The van der Waals surface area contributed by atoms with Gasteiger partial charge in [-0.05, 0) is 81.1 Å². The highest BCUT2D eigenvalue weighted by molar-refractivity contribution is 5.86. The minimum Gasteiger partial charge on any atom is -0.458 e. The molecule has 7 rings (SSSR count). The maximum absolute atomic E-state index is 12.6. The van der Waals surface area contributed by atoms with Gasteiger partial charge >= 0.3 is 5.97 Å². The van der Waals surface area contributed by atoms with Gasteiger partial charge in [0.1, 0.15) is 54.9 Å². The van der Waals surface area contributed by atoms with Crippen LogP contribution in [0.2, 0.25) is 0 Å². The van der Waals surface area contributed by atoms with Crippen LogP contribution in [0, 0.1) is 22.7 Å². The number of methoxy groups -OCH3 is 1. The van der Waals surface area contributed by atoms with Crippen molar-refractivity contribution in [1.82, 2.24) is 0 Å². The van der Waals surface area contributed by atoms with E-state index in [0.717, 1.165) is 24.0 Å². The third-order valence-electron chi connectivity index (χ3n) is 14.0. The number of carbonyl (C=O) groups excluding carboxylic acids is 1. The fourth-order valence-electron chi connectivity index (χ4n) is 11.0. The molecule has 3 aliphatic heterocycles. The van der Waals surface area contributed by atoms with Crippen LogP contribution >= 0.6 is 0 Å². The number of ether oxygens (including phenoxy) is 6. The van der Waals surface area contributed by atoms with Gasteiger partial charge in [0, 0.05) is 24.2 Å². The van der Waals surface area contributed by atoms with Gasteiger partial charge in [-0.15, -0.1) is 0 Å². The fraction of sp³-hybridized carbons (Fsp3) is 0.861. The van der Waals surface area contributed by atoms with Gasteiger partial charge in [-0.1, -0.05) is 19.9 Å². The maximum atomic E-state index is 12.6. The molecule has 2 saturated heterocycles. The van der Waals surface area contributed by atoms with Crippen LogP contribution in [0.3, 0.4) is 0 Å². The minimum atomic E-state index is -1.62. The molecule has 4 aliphatic carbocycles. The van der Waals surface area contributed by atoms with E-state index in [1.54, 1.807) is 6.92 Å². The van der Waals surface area contributed by atoms with Gasteiger partial charge in [0.25, 0.3) is 0 Å². The van der Waals surface area contributed by atoms with Gasteiger partial charge in [-0.2, -0.15) is 0 Å². The topological polar surface area (TPSA) is 214 Å². The Hall–Kier alpha value is -1.53. The molecule has 0 bridgehead atoms. The Morgan fingerprint density at radius 3 is 2.32 bits per heavy atom. The van der Waals surface area contributed by atoms with Crippen molar-refractivity contribution in [2.45, 2.75) is 151 Å². The molecule has 0 spiro atoms. The van der Waals surface area contributed by atoms with Crippen LogP contribution in [-0.2, 0) is 33.2 Å². The summed E-state index contributed by atoms with van der Waals surface area (Å²) in [6, 6.07) is 0. The van der Waals surface area contributed by atoms with E-state index < -0.39 is 84.6 Å². The van der Waals surface area contributed by atoms with Gasteiger partial charge in [0.05, 0.1) is 24.4 Å². The Balaban J connectivity index is 1.01. The summed E-state index contributed by atoms with van der Waals surface area (Å²) in [7, 11) is 1.41. The summed E-state index contributed by atoms with van der Waals surface area (Å²) < 4.78 is 34.9. The molecule has 0 aromatic heterocycles. The summed E-state index contributed by atoms with van der Waals surface area (Å²) in [4.78, 5) is 11.9. The van der Waals surface area contributed by atoms with Crippen LogP contribution in [0.4, 0.5) is 0 Å². The van der Waals surface area contributed by atoms with Crippen molar-refractivity contribution in [2.75, 3.05) is 20.3 Å². The summed E-state index contributed by atoms with van der Waals surface area (Å²) in [5.41, 5.74) is -1.92. The molecule has 7 aliphatic rings. The lowest BCUT2D eigenvalue weighted by atomic mass is 9.41. The van der Waals surface area contributed by atoms with E-state index in [0.29, 0.717) is 38.5 Å². The van der Waals surface area contributed by atoms with Gasteiger partial charge in [0.15, 0.2) is 12.6 Å². The lowest BCUT2D eigenvalue weighted by molar-refractivity contribution is -0.362. The number of aliphatic hydroxyl groups excluding tert-OH is 5. The largest absolute Gasteiger partial charge is 0.458 e. The quantitative estimate of drug-likeness (QED) is 0.137. The van der Waals surface area contributed by atoms with E-state index in [4.69, 9.17) is 28.4 Å². The molecule has 0 radical (unpaired) electrons. The molecule has 0 aromatic carbocycles. The molecule has 14 nitrogen and oxygen atoms in total. The smallest absolute Gasteiger partial charge is 0.331 e. The number of hydrogen-bond donors (Lipinski definition) is 7. The molecule has 0 amide bonds. The summed E-state index contributed by atoms with van der Waals surface area (Å²) in [6.45, 7) is 5.55. The third kappa shape index (κ3) is 5.39. The Kier molecular flexibility index (Phi) is 9.64. The lowest BCUT2D eigenvalue weighted by Gasteiger charge is -2.67. The highest BCUT2D eigenvalue weighted by atomic mass is 16.7. The zero-order valence-electron chi connectivity index (χ0n) is 29.2. The van der Waals surface area contributed by atoms with E-state index in [1.807, 2.05) is 13.0 Å². The van der Waals surface area contributed by atoms with Crippen molar-refractivity contribution in [3.8, 4) is 0 Å². The summed E-state index contributed by atoms with van der Waals surface area (Å²) in [5.74, 6) is -0.305. The van der Waals surface area contributed by atoms with Gasteiger partial charge in [-0.25, -0.2) is 4.79 Å². The summed E-state index contributed by atoms with van der Waals surface area (Å²) in [6.07, 6.45) is -4.04. The van der Waals surface area contributed by atoms with Crippen LogP contribution < -0.4 is 0 Å². The Morgan fingerprint density at radius 2 is 1.64 bits per heavy atom. The second-order valence-electron chi connectivity index (χ2n) is 16.3. The van der Waals surface area contributed by atoms with Crippen molar-refractivity contribution < 1.29 is 69.0 Å². The molecule has 17 atom stereocenters. The van der Waals surface area contributed by atoms with Crippen molar-refractivity contribution in [3.05, 3.63) is 23.3 Å². The highest BCUT2D eigenvalue weighted by Crippen LogP contribution is 2.70. The second kappa shape index (κ2) is 13.1. The Bertz CT molecular complexity index is 1370. The molecule has 7 N–H and O–H groups in total. The van der Waals surface area contributed by atoms with Crippen LogP contribution in [0.25, 0.3) is 0 Å². The lowest BCUT2D eigenvalue weighted by Crippen LogP contribution is -2.73. The number of aliphatic hydroxyl groups is 7. The van der Waals surface area contributed by atoms with E-state index in [-0.39, 0.29) is 35.9 Å². The Morgan fingerprint density at radius 1 is 0.900 bits per heavy atom. The first-order valence-electron chi connectivity index (χ1n) is 18.1. The van der Waals surface area contributed by atoms with Crippen LogP contribution in [-0.4, -0.2) is 141 Å². The van der Waals surface area contributed by atoms with Gasteiger partial charge in [0.2, 0.25) is 0 Å². The number of hydrogen-bond acceptors (Lipinski definition) is 14. The van der Waals surface area contributed by atoms with Crippen LogP contribution in [0.5, 0.6) is 0 Å². The molecule has 0 aromatic rings. The van der Waals surface area contributed by atoms with E-state index in [2.05, 4.69) is 6.92 Å². The SMILES string of the molecule is COC1C(O)C(OC2CCC3(C)C(CCC4(O)C3CCC3(C)C(C5=CC(=O)OC5)=CCC34O)C2)OC(C)C1OC1OC(CO)C(O)C(O)C1O.